The number of benzene rings is 3. The molecule has 1 aromatic heterocycles. The summed E-state index contributed by atoms with van der Waals surface area (Å²) in [7, 11) is 0. The number of carbonyl (C=O) groups is 2. The summed E-state index contributed by atoms with van der Waals surface area (Å²) in [5, 5.41) is 3.17. The van der Waals surface area contributed by atoms with Gasteiger partial charge in [-0.2, -0.15) is 0 Å². The number of nitrogens with zero attached hydrogens (tertiary/aromatic N) is 1. The number of rotatable bonds is 8. The molecule has 7 heteroatoms. The first-order chi connectivity index (χ1) is 17.3. The van der Waals surface area contributed by atoms with E-state index in [1.807, 2.05) is 6.92 Å². The molecular formula is C29H29N3O3S. The lowest BCUT2D eigenvalue weighted by atomic mass is 10.0. The highest BCUT2D eigenvalue weighted by atomic mass is 32.2. The van der Waals surface area contributed by atoms with Gasteiger partial charge in [0.05, 0.1) is 28.8 Å². The Morgan fingerprint density at radius 1 is 0.917 bits per heavy atom. The normalized spacial score (nSPS) is 11.7. The third kappa shape index (κ3) is 6.04. The molecule has 0 aliphatic heterocycles. The lowest BCUT2D eigenvalue weighted by molar-refractivity contribution is -0.115. The van der Waals surface area contributed by atoms with Crippen LogP contribution < -0.4 is 5.32 Å². The fourth-order valence-electron chi connectivity index (χ4n) is 3.63. The number of hydrogen-bond donors (Lipinski definition) is 2. The minimum atomic E-state index is -0.405. The van der Waals surface area contributed by atoms with E-state index in [1.165, 1.54) is 22.9 Å². The Kier molecular flexibility index (Phi) is 7.90. The number of ether oxygens (including phenoxy) is 1. The van der Waals surface area contributed by atoms with Crippen LogP contribution in [0.15, 0.2) is 78.0 Å². The Labute approximate surface area is 215 Å². The highest BCUT2D eigenvalue weighted by molar-refractivity contribution is 8.00. The highest BCUT2D eigenvalue weighted by Gasteiger charge is 2.20. The van der Waals surface area contributed by atoms with Gasteiger partial charge in [0.15, 0.2) is 5.16 Å². The number of esters is 1. The molecule has 0 radical (unpaired) electrons. The standard InChI is InChI=1S/C29H29N3O3S/c1-5-35-28(34)23-14-16-24(17-15-23)30-27(33)20(4)36-29-31-25(21-10-6-18(2)7-11-21)26(32-29)22-12-8-19(3)9-13-22/h6-17,20H,5H2,1-4H3,(H,30,33)(H,31,32). The van der Waals surface area contributed by atoms with Crippen LogP contribution in [0.25, 0.3) is 22.5 Å². The van der Waals surface area contributed by atoms with Crippen molar-refractivity contribution in [3.8, 4) is 22.5 Å². The SMILES string of the molecule is CCOC(=O)c1ccc(NC(=O)C(C)Sc2nc(-c3ccc(C)cc3)c(-c3ccc(C)cc3)[nH]2)cc1. The van der Waals surface area contributed by atoms with Crippen LogP contribution in [0.3, 0.4) is 0 Å². The second kappa shape index (κ2) is 11.3. The van der Waals surface area contributed by atoms with E-state index in [1.54, 1.807) is 31.2 Å². The first-order valence-corrected chi connectivity index (χ1v) is 12.7. The zero-order valence-corrected chi connectivity index (χ0v) is 21.6. The summed E-state index contributed by atoms with van der Waals surface area (Å²) in [6.07, 6.45) is 0. The molecule has 1 heterocycles. The number of imidazole rings is 1. The van der Waals surface area contributed by atoms with E-state index >= 15 is 0 Å². The number of carbonyl (C=O) groups excluding carboxylic acids is 2. The van der Waals surface area contributed by atoms with Crippen molar-refractivity contribution in [2.45, 2.75) is 38.1 Å². The van der Waals surface area contributed by atoms with Crippen LogP contribution in [0, 0.1) is 13.8 Å². The van der Waals surface area contributed by atoms with Gasteiger partial charge in [-0.15, -0.1) is 0 Å². The first-order valence-electron chi connectivity index (χ1n) is 11.8. The Balaban J connectivity index is 1.52. The van der Waals surface area contributed by atoms with Crippen LogP contribution in [-0.4, -0.2) is 33.7 Å². The van der Waals surface area contributed by atoms with Crippen LogP contribution in [0.2, 0.25) is 0 Å². The Bertz CT molecular complexity index is 1280. The topological polar surface area (TPSA) is 84.1 Å². The monoisotopic (exact) mass is 499 g/mol. The quantitative estimate of drug-likeness (QED) is 0.209. The summed E-state index contributed by atoms with van der Waals surface area (Å²) in [6.45, 7) is 8.03. The average Bonchev–Trinajstić information content (AvgIpc) is 3.29. The molecule has 184 valence electrons. The smallest absolute Gasteiger partial charge is 0.338 e. The zero-order valence-electron chi connectivity index (χ0n) is 20.8. The van der Waals surface area contributed by atoms with E-state index in [2.05, 4.69) is 72.7 Å². The Morgan fingerprint density at radius 2 is 1.50 bits per heavy atom. The van der Waals surface area contributed by atoms with Crippen molar-refractivity contribution in [3.63, 3.8) is 0 Å². The number of H-pyrrole nitrogens is 1. The molecule has 4 aromatic rings. The largest absolute Gasteiger partial charge is 0.462 e. The number of anilines is 1. The lowest BCUT2D eigenvalue weighted by Crippen LogP contribution is -2.22. The predicted octanol–water partition coefficient (Wildman–Crippen LogP) is 6.66. The minimum absolute atomic E-state index is 0.158. The van der Waals surface area contributed by atoms with Crippen molar-refractivity contribution >= 4 is 29.3 Å². The molecular weight excluding hydrogens is 470 g/mol. The molecule has 3 aromatic carbocycles. The van der Waals surface area contributed by atoms with E-state index in [4.69, 9.17) is 9.72 Å². The van der Waals surface area contributed by atoms with Crippen LogP contribution in [0.1, 0.15) is 35.3 Å². The maximum absolute atomic E-state index is 12.9. The lowest BCUT2D eigenvalue weighted by Gasteiger charge is -2.11. The maximum atomic E-state index is 12.9. The van der Waals surface area contributed by atoms with Gasteiger partial charge in [0.1, 0.15) is 0 Å². The number of thioether (sulfide) groups is 1. The van der Waals surface area contributed by atoms with Gasteiger partial charge in [-0.3, -0.25) is 4.79 Å². The van der Waals surface area contributed by atoms with Gasteiger partial charge >= 0.3 is 5.97 Å². The van der Waals surface area contributed by atoms with Gasteiger partial charge < -0.3 is 15.0 Å². The number of hydrogen-bond acceptors (Lipinski definition) is 5. The molecule has 0 saturated carbocycles. The predicted molar refractivity (Wildman–Crippen MR) is 145 cm³/mol. The van der Waals surface area contributed by atoms with E-state index in [0.29, 0.717) is 23.0 Å². The van der Waals surface area contributed by atoms with E-state index < -0.39 is 5.25 Å². The van der Waals surface area contributed by atoms with Crippen molar-refractivity contribution in [2.24, 2.45) is 0 Å². The molecule has 4 rings (SSSR count). The number of nitrogens with one attached hydrogen (secondary N) is 2. The molecule has 2 N–H and O–H groups in total. The molecule has 1 amide bonds. The minimum Gasteiger partial charge on any atom is -0.462 e. The molecule has 0 spiro atoms. The van der Waals surface area contributed by atoms with Crippen LogP contribution in [0.4, 0.5) is 5.69 Å². The van der Waals surface area contributed by atoms with Crippen molar-refractivity contribution in [1.29, 1.82) is 0 Å². The number of aryl methyl sites for hydroxylation is 2. The highest BCUT2D eigenvalue weighted by Crippen LogP contribution is 2.34. The maximum Gasteiger partial charge on any atom is 0.338 e. The van der Waals surface area contributed by atoms with Crippen molar-refractivity contribution in [2.75, 3.05) is 11.9 Å². The van der Waals surface area contributed by atoms with Gasteiger partial charge in [0, 0.05) is 16.8 Å². The molecule has 1 unspecified atom stereocenters. The fraction of sp³-hybridized carbons (Fsp3) is 0.207. The number of aromatic amines is 1. The zero-order chi connectivity index (χ0) is 25.7. The summed E-state index contributed by atoms with van der Waals surface area (Å²) < 4.78 is 5.00. The molecule has 1 atom stereocenters. The van der Waals surface area contributed by atoms with Crippen LogP contribution >= 0.6 is 11.8 Å². The number of aromatic nitrogens is 2. The van der Waals surface area contributed by atoms with Gasteiger partial charge in [-0.05, 0) is 52.0 Å². The summed E-state index contributed by atoms with van der Waals surface area (Å²) >= 11 is 1.36. The third-order valence-corrected chi connectivity index (χ3v) is 6.65. The van der Waals surface area contributed by atoms with E-state index in [9.17, 15) is 9.59 Å². The molecule has 0 fully saturated rings. The van der Waals surface area contributed by atoms with Crippen LogP contribution in [-0.2, 0) is 9.53 Å². The third-order valence-electron chi connectivity index (χ3n) is 5.67. The van der Waals surface area contributed by atoms with Gasteiger partial charge in [0.25, 0.3) is 0 Å². The average molecular weight is 500 g/mol. The second-order valence-electron chi connectivity index (χ2n) is 8.54. The molecule has 0 aliphatic rings. The molecule has 0 aliphatic carbocycles. The summed E-state index contributed by atoms with van der Waals surface area (Å²) in [4.78, 5) is 33.0. The van der Waals surface area contributed by atoms with E-state index in [-0.39, 0.29) is 11.9 Å². The van der Waals surface area contributed by atoms with Crippen molar-refractivity contribution in [1.82, 2.24) is 9.97 Å². The summed E-state index contributed by atoms with van der Waals surface area (Å²) in [5.41, 5.74) is 7.24. The van der Waals surface area contributed by atoms with Gasteiger partial charge in [-0.25, -0.2) is 9.78 Å². The first kappa shape index (κ1) is 25.3. The molecule has 36 heavy (non-hydrogen) atoms. The Hall–Kier alpha value is -3.84. The summed E-state index contributed by atoms with van der Waals surface area (Å²) in [5.74, 6) is -0.542. The number of amides is 1. The van der Waals surface area contributed by atoms with Crippen molar-refractivity contribution in [3.05, 3.63) is 89.5 Å². The molecule has 0 bridgehead atoms. The van der Waals surface area contributed by atoms with E-state index in [0.717, 1.165) is 22.5 Å². The second-order valence-corrected chi connectivity index (χ2v) is 9.87. The molecule has 0 saturated heterocycles. The van der Waals surface area contributed by atoms with Gasteiger partial charge in [-0.1, -0.05) is 71.4 Å². The van der Waals surface area contributed by atoms with Gasteiger partial charge in [0.2, 0.25) is 5.91 Å². The Morgan fingerprint density at radius 3 is 2.08 bits per heavy atom. The van der Waals surface area contributed by atoms with Crippen LogP contribution in [0.5, 0.6) is 0 Å². The molecule has 6 nitrogen and oxygen atoms in total. The van der Waals surface area contributed by atoms with Crippen molar-refractivity contribution < 1.29 is 14.3 Å². The fourth-order valence-corrected chi connectivity index (χ4v) is 4.43. The summed E-state index contributed by atoms with van der Waals surface area (Å²) in [6, 6.07) is 23.2.